The van der Waals surface area contributed by atoms with E-state index in [0.29, 0.717) is 0 Å². The Morgan fingerprint density at radius 3 is 2.57 bits per heavy atom. The SMILES string of the molecule is CC(C)(C)[Si](C)(C)Oc1cccc2ccc(-c3nnc4cc(I)ccn34)nc12. The Kier molecular flexibility index (Phi) is 4.69. The lowest BCUT2D eigenvalue weighted by atomic mass is 10.2. The van der Waals surface area contributed by atoms with Gasteiger partial charge in [0.05, 0.1) is 0 Å². The van der Waals surface area contributed by atoms with Gasteiger partial charge in [-0.25, -0.2) is 4.98 Å². The Morgan fingerprint density at radius 2 is 1.82 bits per heavy atom. The zero-order valence-corrected chi connectivity index (χ0v) is 19.9. The van der Waals surface area contributed by atoms with Gasteiger partial charge in [-0.05, 0) is 65.0 Å². The molecule has 0 amide bonds. The van der Waals surface area contributed by atoms with E-state index in [9.17, 15) is 0 Å². The highest BCUT2D eigenvalue weighted by Gasteiger charge is 2.39. The largest absolute Gasteiger partial charge is 0.542 e. The maximum Gasteiger partial charge on any atom is 0.250 e. The summed E-state index contributed by atoms with van der Waals surface area (Å²) in [7, 11) is -1.97. The molecule has 1 aromatic carbocycles. The molecular weight excluding hydrogens is 479 g/mol. The van der Waals surface area contributed by atoms with Crippen molar-refractivity contribution in [2.24, 2.45) is 0 Å². The minimum atomic E-state index is -1.97. The van der Waals surface area contributed by atoms with Crippen molar-refractivity contribution >= 4 is 47.5 Å². The molecule has 0 fully saturated rings. The second kappa shape index (κ2) is 6.80. The first kappa shape index (κ1) is 19.3. The summed E-state index contributed by atoms with van der Waals surface area (Å²) < 4.78 is 9.68. The number of benzene rings is 1. The predicted octanol–water partition coefficient (Wildman–Crippen LogP) is 5.93. The summed E-state index contributed by atoms with van der Waals surface area (Å²) >= 11 is 2.28. The van der Waals surface area contributed by atoms with E-state index in [2.05, 4.69) is 78.8 Å². The summed E-state index contributed by atoms with van der Waals surface area (Å²) in [5.74, 6) is 1.57. The molecule has 28 heavy (non-hydrogen) atoms. The highest BCUT2D eigenvalue weighted by Crippen LogP contribution is 2.39. The number of hydrogen-bond acceptors (Lipinski definition) is 4. The second-order valence-electron chi connectivity index (χ2n) is 8.48. The normalized spacial score (nSPS) is 12.6. The summed E-state index contributed by atoms with van der Waals surface area (Å²) in [4.78, 5) is 4.93. The van der Waals surface area contributed by atoms with Crippen LogP contribution in [-0.4, -0.2) is 27.9 Å². The van der Waals surface area contributed by atoms with Crippen molar-refractivity contribution in [3.8, 4) is 17.3 Å². The standard InChI is InChI=1S/C21H23IN4OSi/c1-21(2,3)28(4,5)27-17-8-6-7-14-9-10-16(23-19(14)17)20-25-24-18-13-15(22)11-12-26(18)20/h6-13H,1-5H3. The van der Waals surface area contributed by atoms with Crippen LogP contribution in [0.1, 0.15) is 20.8 Å². The van der Waals surface area contributed by atoms with Gasteiger partial charge in [0.15, 0.2) is 11.5 Å². The summed E-state index contributed by atoms with van der Waals surface area (Å²) in [5, 5.41) is 9.84. The topological polar surface area (TPSA) is 52.3 Å². The van der Waals surface area contributed by atoms with Gasteiger partial charge in [0.2, 0.25) is 0 Å². The number of hydrogen-bond donors (Lipinski definition) is 0. The molecule has 144 valence electrons. The van der Waals surface area contributed by atoms with Crippen LogP contribution in [-0.2, 0) is 0 Å². The molecule has 0 saturated carbocycles. The molecule has 0 N–H and O–H groups in total. The lowest BCUT2D eigenvalue weighted by Crippen LogP contribution is -2.43. The molecule has 5 nitrogen and oxygen atoms in total. The van der Waals surface area contributed by atoms with E-state index in [0.717, 1.165) is 37.4 Å². The predicted molar refractivity (Wildman–Crippen MR) is 124 cm³/mol. The molecule has 0 unspecified atom stereocenters. The van der Waals surface area contributed by atoms with Crippen molar-refractivity contribution in [1.29, 1.82) is 0 Å². The molecule has 3 aromatic heterocycles. The summed E-state index contributed by atoms with van der Waals surface area (Å²) in [6.07, 6.45) is 1.98. The van der Waals surface area contributed by atoms with Gasteiger partial charge in [0.25, 0.3) is 8.32 Å². The van der Waals surface area contributed by atoms with Crippen LogP contribution in [0.3, 0.4) is 0 Å². The second-order valence-corrected chi connectivity index (χ2v) is 14.5. The molecule has 0 aliphatic rings. The van der Waals surface area contributed by atoms with Crippen molar-refractivity contribution < 1.29 is 4.43 Å². The number of aromatic nitrogens is 4. The fourth-order valence-corrected chi connectivity index (χ4v) is 4.26. The fraction of sp³-hybridized carbons (Fsp3) is 0.286. The van der Waals surface area contributed by atoms with Crippen molar-refractivity contribution in [2.75, 3.05) is 0 Å². The molecular formula is C21H23IN4OSi. The van der Waals surface area contributed by atoms with E-state index >= 15 is 0 Å². The van der Waals surface area contributed by atoms with E-state index < -0.39 is 8.32 Å². The van der Waals surface area contributed by atoms with Crippen LogP contribution in [0.5, 0.6) is 5.75 Å². The number of pyridine rings is 2. The molecule has 0 atom stereocenters. The molecule has 7 heteroatoms. The highest BCUT2D eigenvalue weighted by molar-refractivity contribution is 14.1. The van der Waals surface area contributed by atoms with E-state index in [1.807, 2.05) is 40.9 Å². The van der Waals surface area contributed by atoms with Crippen LogP contribution in [0.2, 0.25) is 18.1 Å². The Bertz CT molecular complexity index is 1180. The van der Waals surface area contributed by atoms with Crippen molar-refractivity contribution in [3.05, 3.63) is 52.2 Å². The van der Waals surface area contributed by atoms with Gasteiger partial charge in [0, 0.05) is 15.2 Å². The van der Waals surface area contributed by atoms with Gasteiger partial charge in [-0.2, -0.15) is 0 Å². The van der Waals surface area contributed by atoms with Crippen LogP contribution >= 0.6 is 22.6 Å². The molecule has 0 radical (unpaired) electrons. The molecule has 4 aromatic rings. The third-order valence-electron chi connectivity index (χ3n) is 5.46. The zero-order chi connectivity index (χ0) is 20.1. The van der Waals surface area contributed by atoms with Crippen LogP contribution in [0.4, 0.5) is 0 Å². The summed E-state index contributed by atoms with van der Waals surface area (Å²) in [6, 6.07) is 14.2. The van der Waals surface area contributed by atoms with Gasteiger partial charge >= 0.3 is 0 Å². The Hall–Kier alpha value is -2.00. The maximum absolute atomic E-state index is 6.59. The fourth-order valence-electron chi connectivity index (χ4n) is 2.80. The molecule has 4 rings (SSSR count). The number of para-hydroxylation sites is 1. The first-order valence-electron chi connectivity index (χ1n) is 9.25. The van der Waals surface area contributed by atoms with Crippen LogP contribution in [0.15, 0.2) is 48.7 Å². The maximum atomic E-state index is 6.59. The minimum absolute atomic E-state index is 0.118. The van der Waals surface area contributed by atoms with Crippen molar-refractivity contribution in [3.63, 3.8) is 0 Å². The lowest BCUT2D eigenvalue weighted by molar-refractivity contribution is 0.495. The first-order valence-corrected chi connectivity index (χ1v) is 13.2. The van der Waals surface area contributed by atoms with E-state index in [1.54, 1.807) is 0 Å². The quantitative estimate of drug-likeness (QED) is 0.257. The van der Waals surface area contributed by atoms with Gasteiger partial charge < -0.3 is 4.43 Å². The minimum Gasteiger partial charge on any atom is -0.542 e. The van der Waals surface area contributed by atoms with Gasteiger partial charge in [0.1, 0.15) is 17.0 Å². The van der Waals surface area contributed by atoms with Gasteiger partial charge in [-0.15, -0.1) is 10.2 Å². The summed E-state index contributed by atoms with van der Waals surface area (Å²) in [6.45, 7) is 11.2. The third kappa shape index (κ3) is 3.41. The van der Waals surface area contributed by atoms with Crippen LogP contribution in [0, 0.1) is 3.57 Å². The molecule has 0 aliphatic heterocycles. The van der Waals surface area contributed by atoms with Crippen molar-refractivity contribution in [2.45, 2.75) is 38.9 Å². The Balaban J connectivity index is 1.84. The molecule has 0 saturated heterocycles. The monoisotopic (exact) mass is 502 g/mol. The van der Waals surface area contributed by atoms with Crippen molar-refractivity contribution in [1.82, 2.24) is 19.6 Å². The highest BCUT2D eigenvalue weighted by atomic mass is 127. The number of rotatable bonds is 3. The van der Waals surface area contributed by atoms with Gasteiger partial charge in [-0.3, -0.25) is 4.40 Å². The summed E-state index contributed by atoms with van der Waals surface area (Å²) in [5.41, 5.74) is 2.47. The Morgan fingerprint density at radius 1 is 1.04 bits per heavy atom. The first-order chi connectivity index (χ1) is 13.2. The van der Waals surface area contributed by atoms with Crippen LogP contribution < -0.4 is 4.43 Å². The average molecular weight is 502 g/mol. The average Bonchev–Trinajstić information content (AvgIpc) is 3.03. The number of fused-ring (bicyclic) bond motifs is 2. The van der Waals surface area contributed by atoms with E-state index in [1.165, 1.54) is 0 Å². The van der Waals surface area contributed by atoms with E-state index in [-0.39, 0.29) is 5.04 Å². The molecule has 0 bridgehead atoms. The van der Waals surface area contributed by atoms with E-state index in [4.69, 9.17) is 9.41 Å². The zero-order valence-electron chi connectivity index (χ0n) is 16.7. The molecule has 0 aliphatic carbocycles. The number of halogens is 1. The van der Waals surface area contributed by atoms with Gasteiger partial charge in [-0.1, -0.05) is 39.0 Å². The molecule has 0 spiro atoms. The molecule has 3 heterocycles. The lowest BCUT2D eigenvalue weighted by Gasteiger charge is -2.36. The van der Waals surface area contributed by atoms with Crippen LogP contribution in [0.25, 0.3) is 28.1 Å². The number of nitrogens with zero attached hydrogens (tertiary/aromatic N) is 4. The third-order valence-corrected chi connectivity index (χ3v) is 10.5. The Labute approximate surface area is 179 Å². The smallest absolute Gasteiger partial charge is 0.250 e.